The first-order chi connectivity index (χ1) is 10.2. The van der Waals surface area contributed by atoms with E-state index in [9.17, 15) is 0 Å². The van der Waals surface area contributed by atoms with Crippen molar-refractivity contribution in [3.8, 4) is 0 Å². The second kappa shape index (κ2) is 6.10. The van der Waals surface area contributed by atoms with E-state index in [1.807, 2.05) is 19.1 Å². The number of rotatable bonds is 5. The summed E-state index contributed by atoms with van der Waals surface area (Å²) in [4.78, 5) is 16.1. The molecule has 0 aromatic carbocycles. The minimum absolute atomic E-state index is 0.553. The lowest BCUT2D eigenvalue weighted by Gasteiger charge is -2.22. The highest BCUT2D eigenvalue weighted by molar-refractivity contribution is 9.10. The molecule has 0 unspecified atom stereocenters. The van der Waals surface area contributed by atoms with Gasteiger partial charge in [-0.3, -0.25) is 4.98 Å². The standard InChI is InChI=1S/C16H19BrN4/c1-3-21(10-13-6-4-5-11(2)18-13)15-9-14(17)19-16(20-15)12-7-8-12/h4-6,9,12H,3,7-8,10H2,1-2H3. The minimum Gasteiger partial charge on any atom is -0.351 e. The average Bonchev–Trinajstić information content (AvgIpc) is 3.28. The van der Waals surface area contributed by atoms with Crippen LogP contribution in [0.1, 0.15) is 42.9 Å². The van der Waals surface area contributed by atoms with Crippen molar-refractivity contribution in [2.75, 3.05) is 11.4 Å². The summed E-state index contributed by atoms with van der Waals surface area (Å²) in [5.41, 5.74) is 2.12. The van der Waals surface area contributed by atoms with Crippen LogP contribution in [0.4, 0.5) is 5.82 Å². The Bertz CT molecular complexity index is 640. The molecule has 0 radical (unpaired) electrons. The fraction of sp³-hybridized carbons (Fsp3) is 0.438. The van der Waals surface area contributed by atoms with Gasteiger partial charge in [-0.25, -0.2) is 9.97 Å². The minimum atomic E-state index is 0.553. The number of aromatic nitrogens is 3. The van der Waals surface area contributed by atoms with Crippen molar-refractivity contribution in [2.45, 2.75) is 39.2 Å². The van der Waals surface area contributed by atoms with E-state index in [2.05, 4.69) is 49.9 Å². The Balaban J connectivity index is 1.85. The maximum atomic E-state index is 4.74. The molecule has 0 N–H and O–H groups in total. The van der Waals surface area contributed by atoms with Crippen molar-refractivity contribution in [1.82, 2.24) is 15.0 Å². The van der Waals surface area contributed by atoms with Gasteiger partial charge in [-0.15, -0.1) is 0 Å². The lowest BCUT2D eigenvalue weighted by atomic mass is 10.3. The zero-order valence-electron chi connectivity index (χ0n) is 12.4. The van der Waals surface area contributed by atoms with Crippen LogP contribution in [0.3, 0.4) is 0 Å². The first kappa shape index (κ1) is 14.4. The smallest absolute Gasteiger partial charge is 0.135 e. The number of aryl methyl sites for hydroxylation is 1. The molecule has 2 heterocycles. The Labute approximate surface area is 133 Å². The van der Waals surface area contributed by atoms with Crippen molar-refractivity contribution in [1.29, 1.82) is 0 Å². The highest BCUT2D eigenvalue weighted by Crippen LogP contribution is 2.39. The van der Waals surface area contributed by atoms with Crippen LogP contribution in [0.2, 0.25) is 0 Å². The topological polar surface area (TPSA) is 41.9 Å². The molecule has 0 spiro atoms. The van der Waals surface area contributed by atoms with Gasteiger partial charge in [-0.1, -0.05) is 6.07 Å². The second-order valence-electron chi connectivity index (χ2n) is 5.47. The summed E-state index contributed by atoms with van der Waals surface area (Å²) in [6, 6.07) is 8.13. The molecule has 0 saturated heterocycles. The Morgan fingerprint density at radius 3 is 2.71 bits per heavy atom. The van der Waals surface area contributed by atoms with Gasteiger partial charge in [-0.05, 0) is 54.8 Å². The first-order valence-electron chi connectivity index (χ1n) is 7.37. The third-order valence-corrected chi connectivity index (χ3v) is 4.05. The lowest BCUT2D eigenvalue weighted by Crippen LogP contribution is -2.24. The summed E-state index contributed by atoms with van der Waals surface area (Å²) in [6.45, 7) is 5.82. The van der Waals surface area contributed by atoms with E-state index in [-0.39, 0.29) is 0 Å². The van der Waals surface area contributed by atoms with Crippen LogP contribution < -0.4 is 4.90 Å². The van der Waals surface area contributed by atoms with E-state index in [0.29, 0.717) is 5.92 Å². The zero-order valence-corrected chi connectivity index (χ0v) is 14.0. The molecule has 1 aliphatic rings. The third-order valence-electron chi connectivity index (χ3n) is 3.65. The molecule has 2 aromatic rings. The molecule has 0 amide bonds. The quantitative estimate of drug-likeness (QED) is 0.771. The van der Waals surface area contributed by atoms with E-state index >= 15 is 0 Å². The van der Waals surface area contributed by atoms with Gasteiger partial charge in [0.05, 0.1) is 12.2 Å². The molecule has 5 heteroatoms. The van der Waals surface area contributed by atoms with E-state index in [1.54, 1.807) is 0 Å². The highest BCUT2D eigenvalue weighted by atomic mass is 79.9. The maximum absolute atomic E-state index is 4.74. The number of nitrogens with zero attached hydrogens (tertiary/aromatic N) is 4. The predicted molar refractivity (Wildman–Crippen MR) is 87.4 cm³/mol. The summed E-state index contributed by atoms with van der Waals surface area (Å²) in [7, 11) is 0. The van der Waals surface area contributed by atoms with E-state index < -0.39 is 0 Å². The van der Waals surface area contributed by atoms with Crippen molar-refractivity contribution in [3.05, 3.63) is 46.1 Å². The van der Waals surface area contributed by atoms with Crippen molar-refractivity contribution in [3.63, 3.8) is 0 Å². The monoisotopic (exact) mass is 346 g/mol. The normalized spacial score (nSPS) is 14.2. The number of anilines is 1. The summed E-state index contributed by atoms with van der Waals surface area (Å²) >= 11 is 3.51. The molecule has 1 aliphatic carbocycles. The van der Waals surface area contributed by atoms with Crippen molar-refractivity contribution >= 4 is 21.7 Å². The van der Waals surface area contributed by atoms with Gasteiger partial charge in [-0.2, -0.15) is 0 Å². The van der Waals surface area contributed by atoms with E-state index in [0.717, 1.165) is 40.7 Å². The van der Waals surface area contributed by atoms with Gasteiger partial charge >= 0.3 is 0 Å². The van der Waals surface area contributed by atoms with Crippen LogP contribution in [-0.2, 0) is 6.54 Å². The number of halogens is 1. The van der Waals surface area contributed by atoms with Gasteiger partial charge in [0, 0.05) is 24.2 Å². The molecular weight excluding hydrogens is 328 g/mol. The molecule has 0 bridgehead atoms. The number of hydrogen-bond acceptors (Lipinski definition) is 4. The third kappa shape index (κ3) is 3.59. The maximum Gasteiger partial charge on any atom is 0.135 e. The van der Waals surface area contributed by atoms with Crippen molar-refractivity contribution in [2.24, 2.45) is 0 Å². The summed E-state index contributed by atoms with van der Waals surface area (Å²) in [5, 5.41) is 0. The molecule has 110 valence electrons. The average molecular weight is 347 g/mol. The van der Waals surface area contributed by atoms with Gasteiger partial charge < -0.3 is 4.90 Å². The van der Waals surface area contributed by atoms with Gasteiger partial charge in [0.1, 0.15) is 16.2 Å². The van der Waals surface area contributed by atoms with E-state index in [4.69, 9.17) is 4.98 Å². The molecular formula is C16H19BrN4. The van der Waals surface area contributed by atoms with Gasteiger partial charge in [0.15, 0.2) is 0 Å². The molecule has 0 atom stereocenters. The molecule has 1 saturated carbocycles. The highest BCUT2D eigenvalue weighted by Gasteiger charge is 2.27. The Kier molecular flexibility index (Phi) is 4.19. The predicted octanol–water partition coefficient (Wildman–Crippen LogP) is 3.85. The van der Waals surface area contributed by atoms with Crippen LogP contribution in [-0.4, -0.2) is 21.5 Å². The van der Waals surface area contributed by atoms with Crippen LogP contribution in [0.5, 0.6) is 0 Å². The molecule has 21 heavy (non-hydrogen) atoms. The molecule has 2 aromatic heterocycles. The Hall–Kier alpha value is -1.49. The number of pyridine rings is 1. The van der Waals surface area contributed by atoms with Crippen LogP contribution in [0.15, 0.2) is 28.9 Å². The fourth-order valence-corrected chi connectivity index (χ4v) is 2.73. The molecule has 1 fully saturated rings. The molecule has 3 rings (SSSR count). The van der Waals surface area contributed by atoms with Crippen LogP contribution >= 0.6 is 15.9 Å². The number of hydrogen-bond donors (Lipinski definition) is 0. The first-order valence-corrected chi connectivity index (χ1v) is 8.17. The summed E-state index contributed by atoms with van der Waals surface area (Å²) in [5.74, 6) is 2.50. The zero-order chi connectivity index (χ0) is 14.8. The largest absolute Gasteiger partial charge is 0.351 e. The van der Waals surface area contributed by atoms with Crippen molar-refractivity contribution < 1.29 is 0 Å². The van der Waals surface area contributed by atoms with Crippen LogP contribution in [0, 0.1) is 6.92 Å². The summed E-state index contributed by atoms with van der Waals surface area (Å²) in [6.07, 6.45) is 2.42. The lowest BCUT2D eigenvalue weighted by molar-refractivity contribution is 0.774. The second-order valence-corrected chi connectivity index (χ2v) is 6.28. The Morgan fingerprint density at radius 1 is 1.24 bits per heavy atom. The van der Waals surface area contributed by atoms with E-state index in [1.165, 1.54) is 12.8 Å². The fourth-order valence-electron chi connectivity index (χ4n) is 2.35. The van der Waals surface area contributed by atoms with Gasteiger partial charge in [0.25, 0.3) is 0 Å². The summed E-state index contributed by atoms with van der Waals surface area (Å²) < 4.78 is 0.866. The van der Waals surface area contributed by atoms with Gasteiger partial charge in [0.2, 0.25) is 0 Å². The van der Waals surface area contributed by atoms with Crippen LogP contribution in [0.25, 0.3) is 0 Å². The SMILES string of the molecule is CCN(Cc1cccc(C)n1)c1cc(Br)nc(C2CC2)n1. The molecule has 0 aliphatic heterocycles. The molecule has 4 nitrogen and oxygen atoms in total. The Morgan fingerprint density at radius 2 is 2.05 bits per heavy atom.